The fourth-order valence-corrected chi connectivity index (χ4v) is 2.02. The van der Waals surface area contributed by atoms with E-state index in [1.165, 1.54) is 19.1 Å². The lowest BCUT2D eigenvalue weighted by Gasteiger charge is -2.14. The van der Waals surface area contributed by atoms with Crippen molar-refractivity contribution < 1.29 is 26.3 Å². The Bertz CT molecular complexity index is 530. The second-order valence-corrected chi connectivity index (χ2v) is 6.12. The highest BCUT2D eigenvalue weighted by Crippen LogP contribution is 2.33. The summed E-state index contributed by atoms with van der Waals surface area (Å²) in [6.45, 7) is 1.37. The summed E-state index contributed by atoms with van der Waals surface area (Å²) in [6, 6.07) is 3.61. The van der Waals surface area contributed by atoms with Crippen molar-refractivity contribution in [3.05, 3.63) is 22.7 Å². The van der Waals surface area contributed by atoms with E-state index in [2.05, 4.69) is 20.7 Å². The number of sulfonamides is 1. The van der Waals surface area contributed by atoms with Gasteiger partial charge < -0.3 is 4.74 Å². The highest BCUT2D eigenvalue weighted by atomic mass is 79.9. The van der Waals surface area contributed by atoms with E-state index in [1.807, 2.05) is 4.72 Å². The maximum Gasteiger partial charge on any atom is 0.573 e. The van der Waals surface area contributed by atoms with Gasteiger partial charge in [-0.1, -0.05) is 15.9 Å². The maximum absolute atomic E-state index is 12.2. The van der Waals surface area contributed by atoms with Crippen LogP contribution in [0.1, 0.15) is 6.92 Å². The van der Waals surface area contributed by atoms with Crippen molar-refractivity contribution >= 4 is 31.6 Å². The Kier molecular flexibility index (Phi) is 4.49. The third kappa shape index (κ3) is 4.73. The van der Waals surface area contributed by atoms with Crippen molar-refractivity contribution in [3.63, 3.8) is 0 Å². The fourth-order valence-electron chi connectivity index (χ4n) is 1.03. The van der Waals surface area contributed by atoms with Crippen molar-refractivity contribution in [1.82, 2.24) is 0 Å². The molecule has 0 aliphatic heterocycles. The van der Waals surface area contributed by atoms with Gasteiger partial charge in [-0.05, 0) is 25.1 Å². The van der Waals surface area contributed by atoms with Crippen LogP contribution in [-0.4, -0.2) is 20.5 Å². The molecular weight excluding hydrogens is 339 g/mol. The van der Waals surface area contributed by atoms with Gasteiger partial charge in [0.2, 0.25) is 10.0 Å². The lowest BCUT2D eigenvalue weighted by molar-refractivity contribution is -0.274. The minimum Gasteiger partial charge on any atom is -0.403 e. The maximum atomic E-state index is 12.2. The van der Waals surface area contributed by atoms with E-state index in [9.17, 15) is 21.6 Å². The molecule has 1 N–H and O–H groups in total. The third-order valence-electron chi connectivity index (χ3n) is 1.81. The summed E-state index contributed by atoms with van der Waals surface area (Å²) in [6.07, 6.45) is -4.90. The second-order valence-electron chi connectivity index (χ2n) is 3.19. The lowest BCUT2D eigenvalue weighted by Crippen LogP contribution is -2.20. The highest BCUT2D eigenvalue weighted by Gasteiger charge is 2.32. The number of halogens is 4. The number of benzene rings is 1. The molecule has 9 heteroatoms. The Morgan fingerprint density at radius 3 is 2.50 bits per heavy atom. The van der Waals surface area contributed by atoms with Gasteiger partial charge >= 0.3 is 6.36 Å². The van der Waals surface area contributed by atoms with Crippen molar-refractivity contribution in [3.8, 4) is 5.75 Å². The first-order valence-corrected chi connectivity index (χ1v) is 7.13. The lowest BCUT2D eigenvalue weighted by atomic mass is 10.3. The Morgan fingerprint density at radius 1 is 1.39 bits per heavy atom. The summed E-state index contributed by atoms with van der Waals surface area (Å²) < 4.78 is 65.2. The summed E-state index contributed by atoms with van der Waals surface area (Å²) in [4.78, 5) is 0. The number of alkyl halides is 3. The Morgan fingerprint density at radius 2 is 2.00 bits per heavy atom. The summed E-state index contributed by atoms with van der Waals surface area (Å²) in [5.74, 6) is -0.872. The van der Waals surface area contributed by atoms with Gasteiger partial charge in [-0.3, -0.25) is 4.72 Å². The van der Waals surface area contributed by atoms with Crippen LogP contribution in [0, 0.1) is 0 Å². The van der Waals surface area contributed by atoms with Crippen molar-refractivity contribution in [1.29, 1.82) is 0 Å². The first kappa shape index (κ1) is 15.1. The molecule has 0 bridgehead atoms. The standard InChI is InChI=1S/C9H9BrF3NO3S/c1-2-18(15,16)14-7-4-3-6(10)5-8(7)17-9(11,12)13/h3-5,14H,2H2,1H3. The van der Waals surface area contributed by atoms with Crippen LogP contribution < -0.4 is 9.46 Å². The Hall–Kier alpha value is -0.960. The van der Waals surface area contributed by atoms with Crippen LogP contribution in [0.15, 0.2) is 22.7 Å². The zero-order valence-electron chi connectivity index (χ0n) is 9.08. The van der Waals surface area contributed by atoms with E-state index in [0.717, 1.165) is 6.07 Å². The van der Waals surface area contributed by atoms with Gasteiger partial charge in [-0.25, -0.2) is 8.42 Å². The Labute approximate surface area is 110 Å². The molecule has 4 nitrogen and oxygen atoms in total. The molecule has 0 aliphatic rings. The topological polar surface area (TPSA) is 55.4 Å². The Balaban J connectivity index is 3.12. The second kappa shape index (κ2) is 5.35. The number of anilines is 1. The molecule has 102 valence electrons. The van der Waals surface area contributed by atoms with E-state index in [4.69, 9.17) is 0 Å². The van der Waals surface area contributed by atoms with Gasteiger partial charge in [0, 0.05) is 4.47 Å². The summed E-state index contributed by atoms with van der Waals surface area (Å²) in [5.41, 5.74) is -0.266. The quantitative estimate of drug-likeness (QED) is 0.910. The summed E-state index contributed by atoms with van der Waals surface area (Å²) >= 11 is 2.98. The smallest absolute Gasteiger partial charge is 0.403 e. The molecule has 0 fully saturated rings. The molecule has 0 unspecified atom stereocenters. The van der Waals surface area contributed by atoms with Crippen LogP contribution in [-0.2, 0) is 10.0 Å². The molecule has 0 heterocycles. The van der Waals surface area contributed by atoms with E-state index in [1.54, 1.807) is 0 Å². The SMILES string of the molecule is CCS(=O)(=O)Nc1ccc(Br)cc1OC(F)(F)F. The van der Waals surface area contributed by atoms with Gasteiger partial charge in [0.1, 0.15) is 0 Å². The zero-order valence-corrected chi connectivity index (χ0v) is 11.5. The largest absolute Gasteiger partial charge is 0.573 e. The molecule has 1 aromatic carbocycles. The molecular formula is C9H9BrF3NO3S. The van der Waals surface area contributed by atoms with Crippen molar-refractivity contribution in [2.24, 2.45) is 0 Å². The molecule has 0 saturated carbocycles. The van der Waals surface area contributed by atoms with Crippen LogP contribution in [0.3, 0.4) is 0 Å². The fraction of sp³-hybridized carbons (Fsp3) is 0.333. The number of nitrogens with one attached hydrogen (secondary N) is 1. The summed E-state index contributed by atoms with van der Waals surface area (Å²) in [7, 11) is -3.68. The molecule has 1 aromatic rings. The van der Waals surface area contributed by atoms with Gasteiger partial charge in [0.05, 0.1) is 11.4 Å². The van der Waals surface area contributed by atoms with Gasteiger partial charge in [0.25, 0.3) is 0 Å². The molecule has 0 aromatic heterocycles. The van der Waals surface area contributed by atoms with Gasteiger partial charge in [-0.2, -0.15) is 0 Å². The molecule has 0 spiro atoms. The van der Waals surface area contributed by atoms with Gasteiger partial charge in [0.15, 0.2) is 5.75 Å². The van der Waals surface area contributed by atoms with E-state index >= 15 is 0 Å². The molecule has 18 heavy (non-hydrogen) atoms. The van der Waals surface area contributed by atoms with Crippen molar-refractivity contribution in [2.75, 3.05) is 10.5 Å². The van der Waals surface area contributed by atoms with Crippen LogP contribution in [0.5, 0.6) is 5.75 Å². The first-order valence-electron chi connectivity index (χ1n) is 4.69. The van der Waals surface area contributed by atoms with Crippen LogP contribution in [0.25, 0.3) is 0 Å². The monoisotopic (exact) mass is 347 g/mol. The summed E-state index contributed by atoms with van der Waals surface area (Å²) in [5, 5.41) is 0. The minimum absolute atomic E-state index is 0.255. The van der Waals surface area contributed by atoms with Gasteiger partial charge in [-0.15, -0.1) is 13.2 Å². The highest BCUT2D eigenvalue weighted by molar-refractivity contribution is 9.10. The third-order valence-corrected chi connectivity index (χ3v) is 3.60. The van der Waals surface area contributed by atoms with E-state index in [0.29, 0.717) is 4.47 Å². The number of hydrogen-bond donors (Lipinski definition) is 1. The molecule has 0 amide bonds. The predicted octanol–water partition coefficient (Wildman–Crippen LogP) is 3.11. The van der Waals surface area contributed by atoms with Crippen LogP contribution in [0.2, 0.25) is 0 Å². The van der Waals surface area contributed by atoms with Crippen molar-refractivity contribution in [2.45, 2.75) is 13.3 Å². The zero-order chi connectivity index (χ0) is 14.0. The minimum atomic E-state index is -4.90. The average Bonchev–Trinajstić information content (AvgIpc) is 2.20. The average molecular weight is 348 g/mol. The molecule has 1 rings (SSSR count). The molecule has 0 saturated heterocycles. The van der Waals surface area contributed by atoms with Crippen LogP contribution >= 0.6 is 15.9 Å². The van der Waals surface area contributed by atoms with E-state index in [-0.39, 0.29) is 11.4 Å². The first-order chi connectivity index (χ1) is 8.13. The molecule has 0 aliphatic carbocycles. The number of hydrogen-bond acceptors (Lipinski definition) is 3. The molecule has 0 radical (unpaired) electrons. The predicted molar refractivity (Wildman–Crippen MR) is 63.9 cm³/mol. The van der Waals surface area contributed by atoms with Crippen LogP contribution in [0.4, 0.5) is 18.9 Å². The number of ether oxygens (including phenoxy) is 1. The van der Waals surface area contributed by atoms with E-state index < -0.39 is 22.1 Å². The molecule has 0 atom stereocenters. The number of rotatable bonds is 4. The normalized spacial score (nSPS) is 12.3.